The molecule has 1 heterocycles. The van der Waals surface area contributed by atoms with Crippen molar-refractivity contribution >= 4 is 11.4 Å². The highest BCUT2D eigenvalue weighted by atomic mass is 14.9. The number of hydrogen-bond donors (Lipinski definition) is 1. The van der Waals surface area contributed by atoms with Gasteiger partial charge in [0.05, 0.1) is 23.1 Å². The van der Waals surface area contributed by atoms with Gasteiger partial charge in [0.1, 0.15) is 6.07 Å². The molecule has 0 radical (unpaired) electrons. The number of pyridine rings is 1. The Morgan fingerprint density at radius 2 is 2.00 bits per heavy atom. The van der Waals surface area contributed by atoms with Crippen LogP contribution in [0.3, 0.4) is 0 Å². The first-order valence-corrected chi connectivity index (χ1v) is 4.56. The molecule has 2 aromatic rings. The summed E-state index contributed by atoms with van der Waals surface area (Å²) in [6.45, 7) is 0. The monoisotopic (exact) mass is 195 g/mol. The quantitative estimate of drug-likeness (QED) is 0.801. The molecule has 0 saturated heterocycles. The van der Waals surface area contributed by atoms with Crippen molar-refractivity contribution in [3.8, 4) is 6.07 Å². The Labute approximate surface area is 88.0 Å². The van der Waals surface area contributed by atoms with E-state index in [0.29, 0.717) is 5.56 Å². The van der Waals surface area contributed by atoms with E-state index in [1.807, 2.05) is 30.3 Å². The lowest BCUT2D eigenvalue weighted by Gasteiger charge is -2.06. The lowest BCUT2D eigenvalue weighted by atomic mass is 10.2. The van der Waals surface area contributed by atoms with Crippen LogP contribution in [-0.4, -0.2) is 4.98 Å². The number of hydrogen-bond acceptors (Lipinski definition) is 3. The third-order valence-corrected chi connectivity index (χ3v) is 1.99. The number of aromatic nitrogens is 1. The van der Waals surface area contributed by atoms with Crippen molar-refractivity contribution in [3.05, 3.63) is 54.4 Å². The summed E-state index contributed by atoms with van der Waals surface area (Å²) in [6.07, 6.45) is 3.43. The molecule has 0 aliphatic rings. The minimum Gasteiger partial charge on any atom is -0.353 e. The van der Waals surface area contributed by atoms with Gasteiger partial charge in [0.15, 0.2) is 0 Å². The predicted molar refractivity (Wildman–Crippen MR) is 58.7 cm³/mol. The van der Waals surface area contributed by atoms with E-state index in [4.69, 9.17) is 5.26 Å². The molecular formula is C12H9N3. The fourth-order valence-corrected chi connectivity index (χ4v) is 1.28. The first kappa shape index (κ1) is 9.22. The molecule has 1 aromatic heterocycles. The van der Waals surface area contributed by atoms with E-state index in [1.165, 1.54) is 0 Å². The van der Waals surface area contributed by atoms with E-state index in [-0.39, 0.29) is 0 Å². The van der Waals surface area contributed by atoms with Gasteiger partial charge in [-0.15, -0.1) is 0 Å². The summed E-state index contributed by atoms with van der Waals surface area (Å²) in [7, 11) is 0. The molecule has 0 bridgehead atoms. The maximum absolute atomic E-state index is 8.89. The van der Waals surface area contributed by atoms with Crippen molar-refractivity contribution in [2.75, 3.05) is 5.32 Å². The smallest absolute Gasteiger partial charge is 0.101 e. The molecule has 0 saturated carbocycles. The fourth-order valence-electron chi connectivity index (χ4n) is 1.28. The number of para-hydroxylation sites is 1. The molecule has 0 fully saturated rings. The van der Waals surface area contributed by atoms with Crippen molar-refractivity contribution in [1.82, 2.24) is 4.98 Å². The van der Waals surface area contributed by atoms with E-state index in [1.54, 1.807) is 18.5 Å². The van der Waals surface area contributed by atoms with Crippen molar-refractivity contribution in [1.29, 1.82) is 5.26 Å². The van der Waals surface area contributed by atoms with Crippen LogP contribution in [0.15, 0.2) is 48.8 Å². The maximum Gasteiger partial charge on any atom is 0.101 e. The van der Waals surface area contributed by atoms with Crippen LogP contribution in [0.25, 0.3) is 0 Å². The van der Waals surface area contributed by atoms with Crippen molar-refractivity contribution in [3.63, 3.8) is 0 Å². The largest absolute Gasteiger partial charge is 0.353 e. The first-order valence-electron chi connectivity index (χ1n) is 4.56. The van der Waals surface area contributed by atoms with Crippen molar-refractivity contribution < 1.29 is 0 Å². The first-order chi connectivity index (χ1) is 7.40. The number of rotatable bonds is 2. The highest BCUT2D eigenvalue weighted by Crippen LogP contribution is 2.18. The average molecular weight is 195 g/mol. The molecule has 3 nitrogen and oxygen atoms in total. The second kappa shape index (κ2) is 4.25. The second-order valence-electron chi connectivity index (χ2n) is 3.02. The summed E-state index contributed by atoms with van der Waals surface area (Å²) < 4.78 is 0. The minimum atomic E-state index is 0.626. The number of benzene rings is 1. The number of nitriles is 1. The van der Waals surface area contributed by atoms with Crippen LogP contribution >= 0.6 is 0 Å². The van der Waals surface area contributed by atoms with Gasteiger partial charge in [-0.2, -0.15) is 5.26 Å². The van der Waals surface area contributed by atoms with E-state index >= 15 is 0 Å². The van der Waals surface area contributed by atoms with Crippen LogP contribution in [-0.2, 0) is 0 Å². The molecule has 1 aromatic carbocycles. The molecule has 0 spiro atoms. The fraction of sp³-hybridized carbons (Fsp3) is 0. The van der Waals surface area contributed by atoms with Gasteiger partial charge in [-0.05, 0) is 24.3 Å². The van der Waals surface area contributed by atoms with Gasteiger partial charge in [-0.25, -0.2) is 0 Å². The summed E-state index contributed by atoms with van der Waals surface area (Å²) in [5.74, 6) is 0. The van der Waals surface area contributed by atoms with E-state index < -0.39 is 0 Å². The van der Waals surface area contributed by atoms with Crippen molar-refractivity contribution in [2.24, 2.45) is 0 Å². The predicted octanol–water partition coefficient (Wildman–Crippen LogP) is 2.70. The van der Waals surface area contributed by atoms with Crippen LogP contribution in [0.5, 0.6) is 0 Å². The zero-order valence-electron chi connectivity index (χ0n) is 8.01. The summed E-state index contributed by atoms with van der Waals surface area (Å²) in [6, 6.07) is 13.3. The molecule has 2 rings (SSSR count). The Kier molecular flexibility index (Phi) is 2.61. The topological polar surface area (TPSA) is 48.7 Å². The Hall–Kier alpha value is -2.34. The highest BCUT2D eigenvalue weighted by Gasteiger charge is 1.99. The average Bonchev–Trinajstić information content (AvgIpc) is 2.31. The minimum absolute atomic E-state index is 0.626. The third kappa shape index (κ3) is 2.12. The van der Waals surface area contributed by atoms with Gasteiger partial charge in [0.2, 0.25) is 0 Å². The molecule has 1 N–H and O–H groups in total. The zero-order chi connectivity index (χ0) is 10.5. The van der Waals surface area contributed by atoms with Crippen LogP contribution in [0.1, 0.15) is 5.56 Å². The number of nitrogens with one attached hydrogen (secondary N) is 1. The van der Waals surface area contributed by atoms with Crippen LogP contribution in [0, 0.1) is 11.3 Å². The van der Waals surface area contributed by atoms with Crippen LogP contribution < -0.4 is 5.32 Å². The standard InChI is InChI=1S/C12H9N3/c13-8-10-4-1-2-6-12(10)15-11-5-3-7-14-9-11/h1-7,9,15H. The molecule has 0 atom stereocenters. The molecule has 0 amide bonds. The Bertz CT molecular complexity index is 486. The molecular weight excluding hydrogens is 186 g/mol. The molecule has 72 valence electrons. The number of nitrogens with zero attached hydrogens (tertiary/aromatic N) is 2. The number of anilines is 2. The molecule has 3 heteroatoms. The van der Waals surface area contributed by atoms with Gasteiger partial charge >= 0.3 is 0 Å². The Morgan fingerprint density at radius 3 is 2.73 bits per heavy atom. The Balaban J connectivity index is 2.29. The van der Waals surface area contributed by atoms with Gasteiger partial charge in [0.25, 0.3) is 0 Å². The van der Waals surface area contributed by atoms with E-state index in [0.717, 1.165) is 11.4 Å². The Morgan fingerprint density at radius 1 is 1.13 bits per heavy atom. The summed E-state index contributed by atoms with van der Waals surface area (Å²) >= 11 is 0. The normalized spacial score (nSPS) is 9.27. The van der Waals surface area contributed by atoms with Gasteiger partial charge < -0.3 is 5.32 Å². The van der Waals surface area contributed by atoms with E-state index in [2.05, 4.69) is 16.4 Å². The van der Waals surface area contributed by atoms with Crippen LogP contribution in [0.2, 0.25) is 0 Å². The highest BCUT2D eigenvalue weighted by molar-refractivity contribution is 5.65. The van der Waals surface area contributed by atoms with Gasteiger partial charge in [0, 0.05) is 6.20 Å². The van der Waals surface area contributed by atoms with E-state index in [9.17, 15) is 0 Å². The second-order valence-corrected chi connectivity index (χ2v) is 3.02. The SMILES string of the molecule is N#Cc1ccccc1Nc1cccnc1. The summed E-state index contributed by atoms with van der Waals surface area (Å²) in [5, 5.41) is 12.0. The maximum atomic E-state index is 8.89. The van der Waals surface area contributed by atoms with Crippen LogP contribution in [0.4, 0.5) is 11.4 Å². The summed E-state index contributed by atoms with van der Waals surface area (Å²) in [4.78, 5) is 3.99. The molecule has 0 aliphatic heterocycles. The zero-order valence-corrected chi connectivity index (χ0v) is 8.01. The third-order valence-electron chi connectivity index (χ3n) is 1.99. The molecule has 0 aliphatic carbocycles. The molecule has 0 unspecified atom stereocenters. The summed E-state index contributed by atoms with van der Waals surface area (Å²) in [5.41, 5.74) is 2.30. The van der Waals surface area contributed by atoms with Gasteiger partial charge in [-0.1, -0.05) is 12.1 Å². The lowest BCUT2D eigenvalue weighted by molar-refractivity contribution is 1.32. The molecule has 15 heavy (non-hydrogen) atoms. The van der Waals surface area contributed by atoms with Crippen molar-refractivity contribution in [2.45, 2.75) is 0 Å². The lowest BCUT2D eigenvalue weighted by Crippen LogP contribution is -1.93. The van der Waals surface area contributed by atoms with Gasteiger partial charge in [-0.3, -0.25) is 4.98 Å².